The predicted molar refractivity (Wildman–Crippen MR) is 78.2 cm³/mol. The van der Waals surface area contributed by atoms with E-state index in [-0.39, 0.29) is 5.97 Å². The molecule has 1 aromatic heterocycles. The lowest BCUT2D eigenvalue weighted by Gasteiger charge is -2.07. The van der Waals surface area contributed by atoms with Crippen LogP contribution < -0.4 is 4.74 Å². The average molecular weight is 289 g/mol. The minimum absolute atomic E-state index is 0.363. The Labute approximate surface area is 122 Å². The largest absolute Gasteiger partial charge is 0.493 e. The van der Waals surface area contributed by atoms with Crippen molar-refractivity contribution in [3.63, 3.8) is 0 Å². The van der Waals surface area contributed by atoms with E-state index in [0.717, 1.165) is 10.8 Å². The minimum Gasteiger partial charge on any atom is -0.493 e. The average Bonchev–Trinajstić information content (AvgIpc) is 2.52. The van der Waals surface area contributed by atoms with Gasteiger partial charge in [0.15, 0.2) is 0 Å². The van der Waals surface area contributed by atoms with Crippen LogP contribution in [0.15, 0.2) is 53.7 Å². The summed E-state index contributed by atoms with van der Waals surface area (Å²) in [5.74, 6) is 1.09. The summed E-state index contributed by atoms with van der Waals surface area (Å²) in [4.78, 5) is 15.6. The summed E-state index contributed by atoms with van der Waals surface area (Å²) >= 11 is 1.63. The lowest BCUT2D eigenvalue weighted by molar-refractivity contribution is 0.0600. The fourth-order valence-electron chi connectivity index (χ4n) is 1.57. The number of esters is 1. The van der Waals surface area contributed by atoms with E-state index in [1.54, 1.807) is 36.2 Å². The van der Waals surface area contributed by atoms with Crippen LogP contribution in [0.3, 0.4) is 0 Å². The van der Waals surface area contributed by atoms with Crippen molar-refractivity contribution in [1.82, 2.24) is 4.98 Å². The van der Waals surface area contributed by atoms with Gasteiger partial charge in [-0.05, 0) is 30.3 Å². The van der Waals surface area contributed by atoms with Gasteiger partial charge in [-0.15, -0.1) is 11.8 Å². The zero-order valence-corrected chi connectivity index (χ0v) is 11.9. The predicted octanol–water partition coefficient (Wildman–Crippen LogP) is 3.04. The highest BCUT2D eigenvalue weighted by Gasteiger charge is 2.06. The molecule has 0 amide bonds. The van der Waals surface area contributed by atoms with Crippen molar-refractivity contribution >= 4 is 17.7 Å². The highest BCUT2D eigenvalue weighted by atomic mass is 32.2. The van der Waals surface area contributed by atoms with Crippen molar-refractivity contribution in [1.29, 1.82) is 0 Å². The monoisotopic (exact) mass is 289 g/mol. The number of hydrogen-bond donors (Lipinski definition) is 0. The number of carbonyl (C=O) groups is 1. The van der Waals surface area contributed by atoms with Gasteiger partial charge in [0.05, 0.1) is 24.3 Å². The zero-order valence-electron chi connectivity index (χ0n) is 11.1. The molecule has 20 heavy (non-hydrogen) atoms. The summed E-state index contributed by atoms with van der Waals surface area (Å²) in [5.41, 5.74) is 0.488. The molecule has 2 rings (SSSR count). The molecular weight excluding hydrogens is 274 g/mol. The quantitative estimate of drug-likeness (QED) is 0.465. The first-order valence-corrected chi connectivity index (χ1v) is 7.13. The molecule has 0 aliphatic heterocycles. The van der Waals surface area contributed by atoms with Crippen LogP contribution in [0.25, 0.3) is 0 Å². The van der Waals surface area contributed by atoms with E-state index in [1.807, 2.05) is 24.3 Å². The molecule has 0 aliphatic rings. The molecule has 5 heteroatoms. The molecule has 0 saturated heterocycles. The second-order valence-electron chi connectivity index (χ2n) is 3.88. The number of thioether (sulfide) groups is 1. The van der Waals surface area contributed by atoms with Gasteiger partial charge in [0.2, 0.25) is 0 Å². The second kappa shape index (κ2) is 7.55. The highest BCUT2D eigenvalue weighted by molar-refractivity contribution is 7.99. The van der Waals surface area contributed by atoms with Crippen LogP contribution >= 0.6 is 11.8 Å². The summed E-state index contributed by atoms with van der Waals surface area (Å²) in [5, 5.41) is 0.972. The van der Waals surface area contributed by atoms with E-state index >= 15 is 0 Å². The van der Waals surface area contributed by atoms with E-state index in [2.05, 4.69) is 9.72 Å². The summed E-state index contributed by atoms with van der Waals surface area (Å²) in [7, 11) is 1.36. The SMILES string of the molecule is COC(=O)c1cccc(OCCSc2ccccn2)c1. The summed E-state index contributed by atoms with van der Waals surface area (Å²) in [6, 6.07) is 12.8. The van der Waals surface area contributed by atoms with Gasteiger partial charge in [0.25, 0.3) is 0 Å². The standard InChI is InChI=1S/C15H15NO3S/c1-18-15(17)12-5-4-6-13(11-12)19-9-10-20-14-7-2-3-8-16-14/h2-8,11H,9-10H2,1H3. The molecule has 0 atom stereocenters. The first kappa shape index (κ1) is 14.4. The van der Waals surface area contributed by atoms with Crippen LogP contribution in [0.1, 0.15) is 10.4 Å². The molecule has 4 nitrogen and oxygen atoms in total. The summed E-state index contributed by atoms with van der Waals surface area (Å²) < 4.78 is 10.3. The molecule has 104 valence electrons. The molecular formula is C15H15NO3S. The number of pyridine rings is 1. The molecule has 0 saturated carbocycles. The van der Waals surface area contributed by atoms with Crippen molar-refractivity contribution in [3.05, 3.63) is 54.2 Å². The minimum atomic E-state index is -0.363. The molecule has 0 fully saturated rings. The van der Waals surface area contributed by atoms with Crippen molar-refractivity contribution in [2.24, 2.45) is 0 Å². The normalized spacial score (nSPS) is 10.1. The summed E-state index contributed by atoms with van der Waals surface area (Å²) in [6.07, 6.45) is 1.77. The number of rotatable bonds is 6. The topological polar surface area (TPSA) is 48.4 Å². The lowest BCUT2D eigenvalue weighted by atomic mass is 10.2. The maximum absolute atomic E-state index is 11.4. The Balaban J connectivity index is 1.81. The van der Waals surface area contributed by atoms with Crippen molar-refractivity contribution in [2.75, 3.05) is 19.5 Å². The van der Waals surface area contributed by atoms with Crippen LogP contribution in [-0.4, -0.2) is 30.4 Å². The maximum Gasteiger partial charge on any atom is 0.337 e. The highest BCUT2D eigenvalue weighted by Crippen LogP contribution is 2.16. The van der Waals surface area contributed by atoms with Crippen LogP contribution in [0.5, 0.6) is 5.75 Å². The van der Waals surface area contributed by atoms with E-state index in [4.69, 9.17) is 4.74 Å². The van der Waals surface area contributed by atoms with E-state index in [1.165, 1.54) is 7.11 Å². The molecule has 0 bridgehead atoms. The van der Waals surface area contributed by atoms with Gasteiger partial charge in [0.1, 0.15) is 5.75 Å². The van der Waals surface area contributed by atoms with Gasteiger partial charge >= 0.3 is 5.97 Å². The van der Waals surface area contributed by atoms with Gasteiger partial charge in [0, 0.05) is 11.9 Å². The Morgan fingerprint density at radius 2 is 2.15 bits per heavy atom. The Bertz CT molecular complexity index is 560. The Morgan fingerprint density at radius 1 is 1.25 bits per heavy atom. The van der Waals surface area contributed by atoms with Crippen LogP contribution in [0.4, 0.5) is 0 Å². The third-order valence-corrected chi connectivity index (χ3v) is 3.40. The van der Waals surface area contributed by atoms with Crippen molar-refractivity contribution < 1.29 is 14.3 Å². The second-order valence-corrected chi connectivity index (χ2v) is 5.00. The first-order chi connectivity index (χ1) is 9.79. The lowest BCUT2D eigenvalue weighted by Crippen LogP contribution is -2.03. The molecule has 0 aliphatic carbocycles. The molecule has 1 heterocycles. The van der Waals surface area contributed by atoms with E-state index < -0.39 is 0 Å². The third kappa shape index (κ3) is 4.28. The van der Waals surface area contributed by atoms with Gasteiger partial charge in [-0.2, -0.15) is 0 Å². The van der Waals surface area contributed by atoms with E-state index in [9.17, 15) is 4.79 Å². The molecule has 0 N–H and O–H groups in total. The fraction of sp³-hybridized carbons (Fsp3) is 0.200. The number of nitrogens with zero attached hydrogens (tertiary/aromatic N) is 1. The van der Waals surface area contributed by atoms with E-state index in [0.29, 0.717) is 17.9 Å². The van der Waals surface area contributed by atoms with Crippen molar-refractivity contribution in [2.45, 2.75) is 5.03 Å². The van der Waals surface area contributed by atoms with Crippen molar-refractivity contribution in [3.8, 4) is 5.75 Å². The number of benzene rings is 1. The number of aromatic nitrogens is 1. The molecule has 2 aromatic rings. The van der Waals surface area contributed by atoms with Gasteiger partial charge < -0.3 is 9.47 Å². The Hall–Kier alpha value is -2.01. The molecule has 0 radical (unpaired) electrons. The number of carbonyl (C=O) groups excluding carboxylic acids is 1. The number of hydrogen-bond acceptors (Lipinski definition) is 5. The smallest absolute Gasteiger partial charge is 0.337 e. The maximum atomic E-state index is 11.4. The van der Waals surface area contributed by atoms with Gasteiger partial charge in [-0.1, -0.05) is 12.1 Å². The number of methoxy groups -OCH3 is 1. The summed E-state index contributed by atoms with van der Waals surface area (Å²) in [6.45, 7) is 0.547. The third-order valence-electron chi connectivity index (χ3n) is 2.49. The Kier molecular flexibility index (Phi) is 5.43. The molecule has 0 unspecified atom stereocenters. The van der Waals surface area contributed by atoms with Gasteiger partial charge in [-0.25, -0.2) is 9.78 Å². The molecule has 1 aromatic carbocycles. The fourth-order valence-corrected chi connectivity index (χ4v) is 2.25. The zero-order chi connectivity index (χ0) is 14.2. The van der Waals surface area contributed by atoms with Crippen LogP contribution in [-0.2, 0) is 4.74 Å². The van der Waals surface area contributed by atoms with Crippen LogP contribution in [0, 0.1) is 0 Å². The number of ether oxygens (including phenoxy) is 2. The molecule has 0 spiro atoms. The Morgan fingerprint density at radius 3 is 2.90 bits per heavy atom. The first-order valence-electron chi connectivity index (χ1n) is 6.14. The van der Waals surface area contributed by atoms with Gasteiger partial charge in [-0.3, -0.25) is 0 Å². The van der Waals surface area contributed by atoms with Crippen LogP contribution in [0.2, 0.25) is 0 Å².